The van der Waals surface area contributed by atoms with Crippen LogP contribution in [0.3, 0.4) is 0 Å². The van der Waals surface area contributed by atoms with E-state index in [0.29, 0.717) is 0 Å². The van der Waals surface area contributed by atoms with Gasteiger partial charge >= 0.3 is 0 Å². The number of rotatable bonds is 2. The second-order valence-electron chi connectivity index (χ2n) is 5.17. The number of aryl methyl sites for hydroxylation is 1. The van der Waals surface area contributed by atoms with Crippen LogP contribution < -0.4 is 5.73 Å². The summed E-state index contributed by atoms with van der Waals surface area (Å²) < 4.78 is 13.0. The molecule has 1 aliphatic rings. The Morgan fingerprint density at radius 1 is 1.25 bits per heavy atom. The first-order valence-corrected chi connectivity index (χ1v) is 6.13. The van der Waals surface area contributed by atoms with Crippen molar-refractivity contribution in [3.8, 4) is 0 Å². The predicted octanol–water partition coefficient (Wildman–Crippen LogP) is 3.34. The number of nitrogens with two attached hydrogens (primary N) is 1. The van der Waals surface area contributed by atoms with Crippen molar-refractivity contribution in [3.63, 3.8) is 0 Å². The van der Waals surface area contributed by atoms with Crippen LogP contribution in [0.15, 0.2) is 18.2 Å². The van der Waals surface area contributed by atoms with Gasteiger partial charge in [-0.2, -0.15) is 0 Å². The van der Waals surface area contributed by atoms with Crippen LogP contribution in [-0.4, -0.2) is 5.54 Å². The Kier molecular flexibility index (Phi) is 3.29. The molecule has 88 valence electrons. The van der Waals surface area contributed by atoms with Crippen molar-refractivity contribution in [2.75, 3.05) is 0 Å². The predicted molar refractivity (Wildman–Crippen MR) is 64.8 cm³/mol. The van der Waals surface area contributed by atoms with Gasteiger partial charge in [-0.05, 0) is 49.4 Å². The van der Waals surface area contributed by atoms with E-state index in [1.54, 1.807) is 6.07 Å². The summed E-state index contributed by atoms with van der Waals surface area (Å²) in [7, 11) is 0. The molecular formula is C14H20FN. The summed E-state index contributed by atoms with van der Waals surface area (Å²) in [6.45, 7) is 1.96. The van der Waals surface area contributed by atoms with Gasteiger partial charge in [0.05, 0.1) is 0 Å². The fraction of sp³-hybridized carbons (Fsp3) is 0.571. The van der Waals surface area contributed by atoms with Crippen LogP contribution in [0.4, 0.5) is 4.39 Å². The van der Waals surface area contributed by atoms with Gasteiger partial charge in [-0.15, -0.1) is 0 Å². The molecule has 1 aliphatic carbocycles. The second-order valence-corrected chi connectivity index (χ2v) is 5.17. The monoisotopic (exact) mass is 221 g/mol. The second kappa shape index (κ2) is 4.54. The standard InChI is InChI=1S/C14H20FN/c1-11-9-13(15)6-5-12(11)10-14(16)7-3-2-4-8-14/h5-6,9H,2-4,7-8,10,16H2,1H3. The number of benzene rings is 1. The van der Waals surface area contributed by atoms with E-state index in [1.807, 2.05) is 13.0 Å². The molecule has 0 unspecified atom stereocenters. The number of hydrogen-bond donors (Lipinski definition) is 1. The first-order valence-electron chi connectivity index (χ1n) is 6.13. The van der Waals surface area contributed by atoms with Crippen LogP contribution in [0.1, 0.15) is 43.2 Å². The lowest BCUT2D eigenvalue weighted by molar-refractivity contribution is 0.294. The average molecular weight is 221 g/mol. The Morgan fingerprint density at radius 2 is 1.94 bits per heavy atom. The molecule has 0 aromatic heterocycles. The molecule has 1 aromatic rings. The molecule has 1 nitrogen and oxygen atoms in total. The highest BCUT2D eigenvalue weighted by molar-refractivity contribution is 5.28. The Labute approximate surface area is 96.9 Å². The first kappa shape index (κ1) is 11.6. The lowest BCUT2D eigenvalue weighted by Crippen LogP contribution is -2.43. The average Bonchev–Trinajstić information content (AvgIpc) is 2.23. The number of halogens is 1. The van der Waals surface area contributed by atoms with Crippen LogP contribution in [0.2, 0.25) is 0 Å². The molecule has 0 atom stereocenters. The topological polar surface area (TPSA) is 26.0 Å². The van der Waals surface area contributed by atoms with Crippen LogP contribution >= 0.6 is 0 Å². The normalized spacial score (nSPS) is 19.7. The summed E-state index contributed by atoms with van der Waals surface area (Å²) >= 11 is 0. The highest BCUT2D eigenvalue weighted by Crippen LogP contribution is 2.29. The van der Waals surface area contributed by atoms with Crippen molar-refractivity contribution in [1.82, 2.24) is 0 Å². The van der Waals surface area contributed by atoms with Crippen LogP contribution in [0.5, 0.6) is 0 Å². The molecule has 1 fully saturated rings. The lowest BCUT2D eigenvalue weighted by atomic mass is 9.78. The van der Waals surface area contributed by atoms with Gasteiger partial charge in [0.15, 0.2) is 0 Å². The minimum Gasteiger partial charge on any atom is -0.325 e. The highest BCUT2D eigenvalue weighted by Gasteiger charge is 2.27. The van der Waals surface area contributed by atoms with E-state index in [2.05, 4.69) is 0 Å². The highest BCUT2D eigenvalue weighted by atomic mass is 19.1. The zero-order valence-electron chi connectivity index (χ0n) is 9.93. The maximum absolute atomic E-state index is 13.0. The molecule has 0 aliphatic heterocycles. The van der Waals surface area contributed by atoms with Crippen molar-refractivity contribution in [1.29, 1.82) is 0 Å². The molecule has 16 heavy (non-hydrogen) atoms. The van der Waals surface area contributed by atoms with Crippen molar-refractivity contribution in [2.45, 2.75) is 51.0 Å². The van der Waals surface area contributed by atoms with E-state index in [4.69, 9.17) is 5.73 Å². The van der Waals surface area contributed by atoms with E-state index in [0.717, 1.165) is 24.8 Å². The fourth-order valence-corrected chi connectivity index (χ4v) is 2.67. The van der Waals surface area contributed by atoms with E-state index in [9.17, 15) is 4.39 Å². The van der Waals surface area contributed by atoms with E-state index >= 15 is 0 Å². The summed E-state index contributed by atoms with van der Waals surface area (Å²) in [5.41, 5.74) is 8.57. The fourth-order valence-electron chi connectivity index (χ4n) is 2.67. The smallest absolute Gasteiger partial charge is 0.123 e. The van der Waals surface area contributed by atoms with Gasteiger partial charge in [0.2, 0.25) is 0 Å². The Bertz CT molecular complexity index is 367. The Morgan fingerprint density at radius 3 is 2.56 bits per heavy atom. The molecule has 0 radical (unpaired) electrons. The molecule has 0 amide bonds. The Hall–Kier alpha value is -0.890. The van der Waals surface area contributed by atoms with Gasteiger partial charge in [0.1, 0.15) is 5.82 Å². The summed E-state index contributed by atoms with van der Waals surface area (Å²) in [5, 5.41) is 0. The molecule has 0 bridgehead atoms. The van der Waals surface area contributed by atoms with Gasteiger partial charge in [-0.1, -0.05) is 25.3 Å². The van der Waals surface area contributed by atoms with Gasteiger partial charge in [-0.3, -0.25) is 0 Å². The molecular weight excluding hydrogens is 201 g/mol. The SMILES string of the molecule is Cc1cc(F)ccc1CC1(N)CCCCC1. The van der Waals surface area contributed by atoms with Crippen LogP contribution in [0, 0.1) is 12.7 Å². The van der Waals surface area contributed by atoms with Crippen molar-refractivity contribution in [3.05, 3.63) is 35.1 Å². The van der Waals surface area contributed by atoms with Gasteiger partial charge < -0.3 is 5.73 Å². The summed E-state index contributed by atoms with van der Waals surface area (Å²) in [6.07, 6.45) is 6.86. The van der Waals surface area contributed by atoms with Gasteiger partial charge in [0, 0.05) is 5.54 Å². The minimum absolute atomic E-state index is 0.0547. The summed E-state index contributed by atoms with van der Waals surface area (Å²) in [6, 6.07) is 5.02. The van der Waals surface area contributed by atoms with Crippen molar-refractivity contribution in [2.24, 2.45) is 5.73 Å². The molecule has 0 spiro atoms. The van der Waals surface area contributed by atoms with Gasteiger partial charge in [0.25, 0.3) is 0 Å². The molecule has 1 aromatic carbocycles. The zero-order valence-corrected chi connectivity index (χ0v) is 9.93. The maximum Gasteiger partial charge on any atom is 0.123 e. The summed E-state index contributed by atoms with van der Waals surface area (Å²) in [4.78, 5) is 0. The van der Waals surface area contributed by atoms with Gasteiger partial charge in [-0.25, -0.2) is 4.39 Å². The zero-order chi connectivity index (χ0) is 11.6. The van der Waals surface area contributed by atoms with Crippen molar-refractivity contribution < 1.29 is 4.39 Å². The third kappa shape index (κ3) is 2.62. The molecule has 2 N–H and O–H groups in total. The Balaban J connectivity index is 2.13. The third-order valence-corrected chi connectivity index (χ3v) is 3.70. The first-order chi connectivity index (χ1) is 7.59. The molecule has 0 heterocycles. The maximum atomic E-state index is 13.0. The molecule has 2 heteroatoms. The largest absolute Gasteiger partial charge is 0.325 e. The quantitative estimate of drug-likeness (QED) is 0.814. The van der Waals surface area contributed by atoms with E-state index in [-0.39, 0.29) is 11.4 Å². The van der Waals surface area contributed by atoms with Crippen LogP contribution in [-0.2, 0) is 6.42 Å². The van der Waals surface area contributed by atoms with E-state index < -0.39 is 0 Å². The number of hydrogen-bond acceptors (Lipinski definition) is 1. The third-order valence-electron chi connectivity index (χ3n) is 3.70. The molecule has 2 rings (SSSR count). The lowest BCUT2D eigenvalue weighted by Gasteiger charge is -2.34. The molecule has 1 saturated carbocycles. The molecule has 0 saturated heterocycles. The summed E-state index contributed by atoms with van der Waals surface area (Å²) in [5.74, 6) is -0.157. The van der Waals surface area contributed by atoms with Crippen LogP contribution in [0.25, 0.3) is 0 Å². The minimum atomic E-state index is -0.157. The van der Waals surface area contributed by atoms with E-state index in [1.165, 1.54) is 30.9 Å². The van der Waals surface area contributed by atoms with Crippen molar-refractivity contribution >= 4 is 0 Å².